The van der Waals surface area contributed by atoms with Crippen LogP contribution in [0.2, 0.25) is 12.6 Å². The van der Waals surface area contributed by atoms with E-state index >= 15 is 0 Å². The van der Waals surface area contributed by atoms with Crippen LogP contribution in [0.5, 0.6) is 0 Å². The van der Waals surface area contributed by atoms with Gasteiger partial charge in [0.25, 0.3) is 8.68 Å². The van der Waals surface area contributed by atoms with E-state index < -0.39 is 8.68 Å². The highest BCUT2D eigenvalue weighted by molar-refractivity contribution is 6.40. The second-order valence-electron chi connectivity index (χ2n) is 3.04. The largest absolute Gasteiger partial charge is 0.389 e. The van der Waals surface area contributed by atoms with Gasteiger partial charge in [0.1, 0.15) is 0 Å². The van der Waals surface area contributed by atoms with Gasteiger partial charge in [-0.15, -0.1) is 0 Å². The Bertz CT molecular complexity index is 107. The molecular weight excluding hydrogens is 128 g/mol. The third kappa shape index (κ3) is 2.39. The van der Waals surface area contributed by atoms with Crippen molar-refractivity contribution >= 4 is 8.68 Å². The van der Waals surface area contributed by atoms with Crippen LogP contribution in [0, 0.1) is 5.92 Å². The van der Waals surface area contributed by atoms with E-state index in [-0.39, 0.29) is 0 Å². The average Bonchev–Trinajstić information content (AvgIpc) is 1.60. The molecule has 0 heterocycles. The lowest BCUT2D eigenvalue weighted by Crippen LogP contribution is -2.11. The molecule has 0 atom stereocenters. The fraction of sp³-hybridized carbons (Fsp3) is 1.00. The molecule has 0 spiro atoms. The predicted octanol–water partition coefficient (Wildman–Crippen LogP) is 2.23. The molecule has 0 N–H and O–H groups in total. The number of hydrogen-bond donors (Lipinski definition) is 0. The maximum Gasteiger partial charge on any atom is 0.273 e. The van der Waals surface area contributed by atoms with E-state index in [2.05, 4.69) is 0 Å². The van der Waals surface area contributed by atoms with E-state index in [1.165, 1.54) is 25.7 Å². The summed E-state index contributed by atoms with van der Waals surface area (Å²) < 4.78 is 10.7. The minimum absolute atomic E-state index is 0.943. The summed E-state index contributed by atoms with van der Waals surface area (Å²) in [5.41, 5.74) is 0. The highest BCUT2D eigenvalue weighted by Crippen LogP contribution is 2.30. The van der Waals surface area contributed by atoms with Crippen molar-refractivity contribution in [3.8, 4) is 0 Å². The Morgan fingerprint density at radius 2 is 2.22 bits per heavy atom. The summed E-state index contributed by atoms with van der Waals surface area (Å²) in [7, 11) is -1.16. The Morgan fingerprint density at radius 3 is 2.56 bits per heavy atom. The number of hydrogen-bond acceptors (Lipinski definition) is 1. The molecule has 1 fully saturated rings. The van der Waals surface area contributed by atoms with E-state index in [0.29, 0.717) is 0 Å². The van der Waals surface area contributed by atoms with Crippen LogP contribution < -0.4 is 0 Å². The van der Waals surface area contributed by atoms with Gasteiger partial charge in [0.2, 0.25) is 0 Å². The molecule has 0 saturated heterocycles. The Hall–Kier alpha value is 0.0169. The molecule has 0 aromatic carbocycles. The molecule has 2 heteroatoms. The molecular formula is C7H14OSi. The Kier molecular flexibility index (Phi) is 2.58. The van der Waals surface area contributed by atoms with E-state index in [4.69, 9.17) is 0 Å². The van der Waals surface area contributed by atoms with E-state index in [1.807, 2.05) is 6.55 Å². The summed E-state index contributed by atoms with van der Waals surface area (Å²) in [5, 5.41) is 0. The van der Waals surface area contributed by atoms with Crippen molar-refractivity contribution in [1.82, 2.24) is 0 Å². The predicted molar refractivity (Wildman–Crippen MR) is 39.1 cm³/mol. The van der Waals surface area contributed by atoms with Gasteiger partial charge in [0, 0.05) is 0 Å². The van der Waals surface area contributed by atoms with Gasteiger partial charge in [-0.25, -0.2) is 0 Å². The van der Waals surface area contributed by atoms with Crippen LogP contribution in [0.4, 0.5) is 0 Å². The van der Waals surface area contributed by atoms with Crippen molar-refractivity contribution in [2.24, 2.45) is 5.92 Å². The van der Waals surface area contributed by atoms with Crippen LogP contribution in [0.3, 0.4) is 0 Å². The molecule has 0 aromatic rings. The van der Waals surface area contributed by atoms with E-state index in [0.717, 1.165) is 12.0 Å². The molecule has 0 unspecified atom stereocenters. The minimum atomic E-state index is -1.16. The second-order valence-corrected chi connectivity index (χ2v) is 4.94. The van der Waals surface area contributed by atoms with Gasteiger partial charge in [0.15, 0.2) is 0 Å². The SMILES string of the molecule is C[Si](=O)CCC1CCC1. The Morgan fingerprint density at radius 1 is 1.56 bits per heavy atom. The second kappa shape index (κ2) is 3.25. The molecule has 0 amide bonds. The normalized spacial score (nSPS) is 19.2. The lowest BCUT2D eigenvalue weighted by molar-refractivity contribution is 0.305. The quantitative estimate of drug-likeness (QED) is 0.552. The molecule has 0 bridgehead atoms. The first-order valence-electron chi connectivity index (χ1n) is 3.78. The van der Waals surface area contributed by atoms with E-state index in [1.54, 1.807) is 0 Å². The smallest absolute Gasteiger partial charge is 0.273 e. The fourth-order valence-electron chi connectivity index (χ4n) is 1.19. The van der Waals surface area contributed by atoms with E-state index in [9.17, 15) is 4.46 Å². The number of rotatable bonds is 3. The molecule has 9 heavy (non-hydrogen) atoms. The van der Waals surface area contributed by atoms with Gasteiger partial charge < -0.3 is 4.46 Å². The van der Waals surface area contributed by atoms with Crippen molar-refractivity contribution in [3.05, 3.63) is 0 Å². The zero-order chi connectivity index (χ0) is 6.69. The highest BCUT2D eigenvalue weighted by atomic mass is 28.3. The van der Waals surface area contributed by atoms with Gasteiger partial charge >= 0.3 is 0 Å². The van der Waals surface area contributed by atoms with Gasteiger partial charge in [-0.2, -0.15) is 0 Å². The molecule has 1 aliphatic carbocycles. The lowest BCUT2D eigenvalue weighted by Gasteiger charge is -2.24. The molecule has 0 radical (unpaired) electrons. The summed E-state index contributed by atoms with van der Waals surface area (Å²) in [4.78, 5) is 0. The van der Waals surface area contributed by atoms with Crippen LogP contribution in [-0.2, 0) is 4.46 Å². The maximum absolute atomic E-state index is 10.7. The minimum Gasteiger partial charge on any atom is -0.389 e. The van der Waals surface area contributed by atoms with Crippen molar-refractivity contribution in [2.75, 3.05) is 0 Å². The Balaban J connectivity index is 1.97. The zero-order valence-corrected chi connectivity index (χ0v) is 7.02. The average molecular weight is 142 g/mol. The van der Waals surface area contributed by atoms with Gasteiger partial charge in [0.05, 0.1) is 0 Å². The monoisotopic (exact) mass is 142 g/mol. The van der Waals surface area contributed by atoms with Crippen LogP contribution >= 0.6 is 0 Å². The summed E-state index contributed by atoms with van der Waals surface area (Å²) in [6.45, 7) is 1.86. The standard InChI is InChI=1S/C7H14OSi/c1-9(8)6-5-7-3-2-4-7/h7H,2-6H2,1H3. The summed E-state index contributed by atoms with van der Waals surface area (Å²) in [5.74, 6) is 0.943. The molecule has 1 saturated carbocycles. The first kappa shape index (κ1) is 7.13. The van der Waals surface area contributed by atoms with Gasteiger partial charge in [-0.05, 0) is 24.9 Å². The van der Waals surface area contributed by atoms with Crippen molar-refractivity contribution < 1.29 is 4.46 Å². The molecule has 52 valence electrons. The molecule has 0 aromatic heterocycles. The first-order valence-corrected chi connectivity index (χ1v) is 5.90. The summed E-state index contributed by atoms with van der Waals surface area (Å²) >= 11 is 0. The fourth-order valence-corrected chi connectivity index (χ4v) is 2.00. The Labute approximate surface area is 58.1 Å². The van der Waals surface area contributed by atoms with Crippen molar-refractivity contribution in [3.63, 3.8) is 0 Å². The lowest BCUT2D eigenvalue weighted by atomic mass is 9.84. The summed E-state index contributed by atoms with van der Waals surface area (Å²) in [6, 6.07) is 0.995. The maximum atomic E-state index is 10.7. The van der Waals surface area contributed by atoms with Gasteiger partial charge in [-0.3, -0.25) is 0 Å². The van der Waals surface area contributed by atoms with Gasteiger partial charge in [-0.1, -0.05) is 19.3 Å². The third-order valence-electron chi connectivity index (χ3n) is 2.13. The molecule has 0 aliphatic heterocycles. The zero-order valence-electron chi connectivity index (χ0n) is 6.02. The highest BCUT2D eigenvalue weighted by Gasteiger charge is 2.17. The topological polar surface area (TPSA) is 17.1 Å². The van der Waals surface area contributed by atoms with Crippen LogP contribution in [-0.4, -0.2) is 8.68 Å². The summed E-state index contributed by atoms with van der Waals surface area (Å²) in [6.07, 6.45) is 5.44. The van der Waals surface area contributed by atoms with Crippen molar-refractivity contribution in [1.29, 1.82) is 0 Å². The molecule has 1 aliphatic rings. The van der Waals surface area contributed by atoms with Crippen LogP contribution in [0.25, 0.3) is 0 Å². The van der Waals surface area contributed by atoms with Crippen molar-refractivity contribution in [2.45, 2.75) is 38.3 Å². The molecule has 1 rings (SSSR count). The third-order valence-corrected chi connectivity index (χ3v) is 3.12. The first-order chi connectivity index (χ1) is 4.29. The van der Waals surface area contributed by atoms with Crippen LogP contribution in [0.1, 0.15) is 25.7 Å². The molecule has 1 nitrogen and oxygen atoms in total. The van der Waals surface area contributed by atoms with Crippen LogP contribution in [0.15, 0.2) is 0 Å².